The summed E-state index contributed by atoms with van der Waals surface area (Å²) in [5.41, 5.74) is 1.13. The van der Waals surface area contributed by atoms with E-state index in [0.29, 0.717) is 11.8 Å². The number of para-hydroxylation sites is 1. The normalized spacial score (nSPS) is 18.2. The lowest BCUT2D eigenvalue weighted by Crippen LogP contribution is -2.29. The zero-order valence-electron chi connectivity index (χ0n) is 13.3. The van der Waals surface area contributed by atoms with Crippen LogP contribution in [0.3, 0.4) is 0 Å². The molecule has 3 nitrogen and oxygen atoms in total. The van der Waals surface area contributed by atoms with E-state index in [1.165, 1.54) is 20.3 Å². The van der Waals surface area contributed by atoms with Gasteiger partial charge < -0.3 is 10.3 Å². The summed E-state index contributed by atoms with van der Waals surface area (Å²) in [5.74, 6) is 0.992. The van der Waals surface area contributed by atoms with E-state index in [1.807, 2.05) is 24.6 Å². The van der Waals surface area contributed by atoms with Crippen LogP contribution in [0.1, 0.15) is 23.8 Å². The molecule has 118 valence electrons. The van der Waals surface area contributed by atoms with Gasteiger partial charge in [0, 0.05) is 17.5 Å². The number of nitrogens with one attached hydrogen (secondary N) is 2. The van der Waals surface area contributed by atoms with Crippen molar-refractivity contribution in [1.29, 1.82) is 0 Å². The van der Waals surface area contributed by atoms with Crippen LogP contribution in [0, 0.1) is 5.92 Å². The molecule has 2 N–H and O–H groups in total. The highest BCUT2D eigenvalue weighted by Gasteiger charge is 2.25. The predicted molar refractivity (Wildman–Crippen MR) is 98.0 cm³/mol. The van der Waals surface area contributed by atoms with Gasteiger partial charge in [0.05, 0.1) is 15.2 Å². The first-order valence-electron chi connectivity index (χ1n) is 8.20. The number of aromatic nitrogens is 2. The van der Waals surface area contributed by atoms with E-state index in [1.54, 1.807) is 0 Å². The van der Waals surface area contributed by atoms with Crippen LogP contribution in [0.15, 0.2) is 36.5 Å². The number of rotatable bonds is 5. The molecule has 2 atom stereocenters. The number of hydrogen-bond acceptors (Lipinski definition) is 3. The minimum Gasteiger partial charge on any atom is -0.361 e. The lowest BCUT2D eigenvalue weighted by atomic mass is 9.85. The van der Waals surface area contributed by atoms with Crippen LogP contribution in [0.5, 0.6) is 0 Å². The van der Waals surface area contributed by atoms with Crippen LogP contribution >= 0.6 is 11.3 Å². The predicted octanol–water partition coefficient (Wildman–Crippen LogP) is 2.60. The minimum atomic E-state index is 0.471. The summed E-state index contributed by atoms with van der Waals surface area (Å²) < 4.78 is 1.29. The zero-order chi connectivity index (χ0) is 15.6. The second kappa shape index (κ2) is 6.30. The first kappa shape index (κ1) is 14.7. The Labute approximate surface area is 139 Å². The molecule has 23 heavy (non-hydrogen) atoms. The quantitative estimate of drug-likeness (QED) is 0.758. The molecule has 0 fully saturated rings. The molecule has 4 heteroatoms. The lowest BCUT2D eigenvalue weighted by molar-refractivity contribution is 0.493. The van der Waals surface area contributed by atoms with Crippen LogP contribution < -0.4 is 15.9 Å². The monoisotopic (exact) mass is 323 g/mol. The maximum Gasteiger partial charge on any atom is 0.0975 e. The molecule has 0 saturated heterocycles. The van der Waals surface area contributed by atoms with Crippen LogP contribution in [0.2, 0.25) is 0 Å². The van der Waals surface area contributed by atoms with Crippen molar-refractivity contribution in [2.24, 2.45) is 5.92 Å². The molecule has 0 amide bonds. The van der Waals surface area contributed by atoms with E-state index >= 15 is 0 Å². The molecule has 0 aliphatic heterocycles. The fourth-order valence-electron chi connectivity index (χ4n) is 3.42. The van der Waals surface area contributed by atoms with Crippen LogP contribution in [-0.2, 0) is 0 Å². The number of hydrogen-bond donors (Lipinski definition) is 2. The van der Waals surface area contributed by atoms with Crippen molar-refractivity contribution < 1.29 is 0 Å². The minimum absolute atomic E-state index is 0.471. The highest BCUT2D eigenvalue weighted by atomic mass is 32.1. The number of fused-ring (bicyclic) bond motifs is 2. The van der Waals surface area contributed by atoms with Crippen molar-refractivity contribution in [1.82, 2.24) is 15.3 Å². The van der Waals surface area contributed by atoms with Gasteiger partial charge in [-0.05, 0) is 55.8 Å². The summed E-state index contributed by atoms with van der Waals surface area (Å²) in [4.78, 5) is 8.24. The van der Waals surface area contributed by atoms with E-state index in [9.17, 15) is 0 Å². The molecule has 0 radical (unpaired) electrons. The number of thiazole rings is 1. The van der Waals surface area contributed by atoms with Gasteiger partial charge >= 0.3 is 0 Å². The van der Waals surface area contributed by atoms with Crippen molar-refractivity contribution in [2.45, 2.75) is 18.8 Å². The number of nitrogens with zero attached hydrogens (tertiary/aromatic N) is 1. The Morgan fingerprint density at radius 2 is 2.26 bits per heavy atom. The van der Waals surface area contributed by atoms with E-state index in [0.717, 1.165) is 24.9 Å². The molecular weight excluding hydrogens is 302 g/mol. The molecule has 2 unspecified atom stereocenters. The zero-order valence-corrected chi connectivity index (χ0v) is 14.1. The average molecular weight is 323 g/mol. The molecule has 0 spiro atoms. The molecular formula is C19H21N3S. The van der Waals surface area contributed by atoms with Crippen LogP contribution in [0.4, 0.5) is 0 Å². The molecule has 0 bridgehead atoms. The fourth-order valence-corrected chi connectivity index (χ4v) is 4.60. The maximum atomic E-state index is 4.93. The third-order valence-corrected chi connectivity index (χ3v) is 5.82. The number of H-pyrrole nitrogens is 1. The summed E-state index contributed by atoms with van der Waals surface area (Å²) in [6, 6.07) is 10.6. The molecule has 2 aromatic heterocycles. The second-order valence-corrected chi connectivity index (χ2v) is 7.20. The van der Waals surface area contributed by atoms with Gasteiger partial charge in [-0.15, -0.1) is 11.3 Å². The lowest BCUT2D eigenvalue weighted by Gasteiger charge is -2.23. The average Bonchev–Trinajstić information content (AvgIpc) is 3.21. The van der Waals surface area contributed by atoms with Crippen molar-refractivity contribution in [3.8, 4) is 0 Å². The first-order chi connectivity index (χ1) is 11.3. The Morgan fingerprint density at radius 1 is 1.35 bits per heavy atom. The molecule has 1 aromatic carbocycles. The molecule has 4 rings (SSSR count). The van der Waals surface area contributed by atoms with Gasteiger partial charge in [-0.25, -0.2) is 4.98 Å². The Balaban J connectivity index is 1.72. The van der Waals surface area contributed by atoms with Gasteiger partial charge in [0.25, 0.3) is 0 Å². The number of aromatic amines is 1. The topological polar surface area (TPSA) is 40.7 Å². The van der Waals surface area contributed by atoms with Crippen LogP contribution in [-0.4, -0.2) is 23.6 Å². The summed E-state index contributed by atoms with van der Waals surface area (Å²) in [7, 11) is 2.02. The highest BCUT2D eigenvalue weighted by Crippen LogP contribution is 2.36. The maximum absolute atomic E-state index is 4.93. The van der Waals surface area contributed by atoms with E-state index in [2.05, 4.69) is 52.8 Å². The molecule has 0 saturated carbocycles. The summed E-state index contributed by atoms with van der Waals surface area (Å²) in [5, 5.41) is 7.17. The summed E-state index contributed by atoms with van der Waals surface area (Å²) in [6.45, 7) is 1.02. The molecule has 1 aliphatic rings. The van der Waals surface area contributed by atoms with E-state index in [4.69, 9.17) is 4.98 Å². The van der Waals surface area contributed by atoms with Crippen molar-refractivity contribution in [3.05, 3.63) is 52.1 Å². The fraction of sp³-hybridized carbons (Fsp3) is 0.316. The summed E-state index contributed by atoms with van der Waals surface area (Å²) in [6.07, 6.45) is 8.99. The van der Waals surface area contributed by atoms with Gasteiger partial charge in [-0.1, -0.05) is 24.3 Å². The SMILES string of the molecule is CNCCC(c1nc2ccccc2s1)C1C=c2cc[nH]c2=CC1. The largest absolute Gasteiger partial charge is 0.361 e. The standard InChI is InChI=1S/C19H21N3S/c1-20-10-9-15(13-6-7-16-14(12-13)8-11-21-16)19-22-17-4-2-3-5-18(17)23-19/h2-5,7-8,11-13,15,20-21H,6,9-10H2,1H3. The van der Waals surface area contributed by atoms with Gasteiger partial charge in [-0.2, -0.15) is 0 Å². The van der Waals surface area contributed by atoms with Gasteiger partial charge in [0.2, 0.25) is 0 Å². The first-order valence-corrected chi connectivity index (χ1v) is 9.02. The third kappa shape index (κ3) is 2.84. The van der Waals surface area contributed by atoms with Gasteiger partial charge in [0.1, 0.15) is 0 Å². The Bertz CT molecular complexity index is 888. The van der Waals surface area contributed by atoms with Gasteiger partial charge in [-0.3, -0.25) is 0 Å². The summed E-state index contributed by atoms with van der Waals surface area (Å²) >= 11 is 1.85. The Kier molecular flexibility index (Phi) is 4.02. The molecule has 3 aromatic rings. The van der Waals surface area contributed by atoms with Crippen LogP contribution in [0.25, 0.3) is 22.4 Å². The smallest absolute Gasteiger partial charge is 0.0975 e. The van der Waals surface area contributed by atoms with Crippen molar-refractivity contribution in [2.75, 3.05) is 13.6 Å². The Morgan fingerprint density at radius 3 is 3.13 bits per heavy atom. The van der Waals surface area contributed by atoms with E-state index < -0.39 is 0 Å². The Hall–Kier alpha value is -1.91. The molecule has 2 heterocycles. The molecule has 1 aliphatic carbocycles. The van der Waals surface area contributed by atoms with Crippen molar-refractivity contribution in [3.63, 3.8) is 0 Å². The van der Waals surface area contributed by atoms with E-state index in [-0.39, 0.29) is 0 Å². The number of benzene rings is 1. The van der Waals surface area contributed by atoms with Gasteiger partial charge in [0.15, 0.2) is 0 Å². The third-order valence-electron chi connectivity index (χ3n) is 4.65. The second-order valence-electron chi connectivity index (χ2n) is 6.14. The highest BCUT2D eigenvalue weighted by molar-refractivity contribution is 7.18. The van der Waals surface area contributed by atoms with Crippen molar-refractivity contribution >= 4 is 33.7 Å².